The molecule has 2 heterocycles. The molecule has 19 heavy (non-hydrogen) atoms. The number of amides is 2. The van der Waals surface area contributed by atoms with Gasteiger partial charge in [-0.1, -0.05) is 0 Å². The fourth-order valence-electron chi connectivity index (χ4n) is 1.99. The Kier molecular flexibility index (Phi) is 4.46. The lowest BCUT2D eigenvalue weighted by Gasteiger charge is -2.19. The van der Waals surface area contributed by atoms with Crippen LogP contribution in [0.2, 0.25) is 0 Å². The molecule has 0 aliphatic carbocycles. The minimum absolute atomic E-state index is 0.00450. The number of anilines is 1. The predicted octanol–water partition coefficient (Wildman–Crippen LogP) is 0.704. The van der Waals surface area contributed by atoms with Crippen LogP contribution in [0.4, 0.5) is 5.69 Å². The average Bonchev–Trinajstić information content (AvgIpc) is 2.93. The first-order valence-electron chi connectivity index (χ1n) is 6.30. The molecule has 1 fully saturated rings. The number of pyridine rings is 1. The maximum absolute atomic E-state index is 11.7. The largest absolute Gasteiger partial charge is 0.376 e. The molecule has 6 nitrogen and oxygen atoms in total. The highest BCUT2D eigenvalue weighted by Gasteiger charge is 2.25. The number of aromatic nitrogens is 1. The Balaban J connectivity index is 1.83. The van der Waals surface area contributed by atoms with E-state index < -0.39 is 11.8 Å². The highest BCUT2D eigenvalue weighted by Crippen LogP contribution is 2.15. The minimum Gasteiger partial charge on any atom is -0.376 e. The van der Waals surface area contributed by atoms with Crippen molar-refractivity contribution in [3.63, 3.8) is 0 Å². The van der Waals surface area contributed by atoms with Crippen LogP contribution in [-0.4, -0.2) is 35.6 Å². The summed E-state index contributed by atoms with van der Waals surface area (Å²) in [5.74, 6) is -1.36. The van der Waals surface area contributed by atoms with Crippen LogP contribution in [0.5, 0.6) is 0 Å². The Morgan fingerprint density at radius 2 is 2.32 bits per heavy atom. The fraction of sp³-hybridized carbons (Fsp3) is 0.462. The molecule has 2 amide bonds. The zero-order valence-electron chi connectivity index (χ0n) is 10.8. The number of hydrogen-bond acceptors (Lipinski definition) is 4. The van der Waals surface area contributed by atoms with Crippen molar-refractivity contribution in [2.45, 2.75) is 31.9 Å². The van der Waals surface area contributed by atoms with Crippen LogP contribution in [0.25, 0.3) is 0 Å². The molecule has 102 valence electrons. The molecular weight excluding hydrogens is 246 g/mol. The molecule has 1 aliphatic rings. The Bertz CT molecular complexity index is 444. The molecule has 0 spiro atoms. The molecule has 1 aliphatic heterocycles. The van der Waals surface area contributed by atoms with Gasteiger partial charge < -0.3 is 15.4 Å². The quantitative estimate of drug-likeness (QED) is 0.787. The number of nitrogens with zero attached hydrogens (tertiary/aromatic N) is 1. The van der Waals surface area contributed by atoms with Gasteiger partial charge >= 0.3 is 11.8 Å². The molecule has 0 radical (unpaired) electrons. The maximum Gasteiger partial charge on any atom is 0.313 e. The van der Waals surface area contributed by atoms with E-state index in [2.05, 4.69) is 15.6 Å². The summed E-state index contributed by atoms with van der Waals surface area (Å²) in [4.78, 5) is 27.2. The summed E-state index contributed by atoms with van der Waals surface area (Å²) in [5.41, 5.74) is 0.493. The smallest absolute Gasteiger partial charge is 0.313 e. The van der Waals surface area contributed by atoms with Crippen molar-refractivity contribution in [2.24, 2.45) is 0 Å². The molecular formula is C13H17N3O3. The Labute approximate surface area is 111 Å². The third kappa shape index (κ3) is 3.75. The molecule has 6 heteroatoms. The Morgan fingerprint density at radius 1 is 1.47 bits per heavy atom. The van der Waals surface area contributed by atoms with Gasteiger partial charge in [0.05, 0.1) is 24.0 Å². The Hall–Kier alpha value is -1.95. The molecule has 1 aromatic heterocycles. The van der Waals surface area contributed by atoms with E-state index in [0.29, 0.717) is 12.3 Å². The van der Waals surface area contributed by atoms with Crippen molar-refractivity contribution in [3.8, 4) is 0 Å². The second kappa shape index (κ2) is 6.29. The molecule has 2 rings (SSSR count). The van der Waals surface area contributed by atoms with Gasteiger partial charge in [-0.25, -0.2) is 0 Å². The molecule has 0 bridgehead atoms. The van der Waals surface area contributed by atoms with Crippen molar-refractivity contribution in [2.75, 3.05) is 11.9 Å². The van der Waals surface area contributed by atoms with Crippen LogP contribution in [0.1, 0.15) is 19.8 Å². The topological polar surface area (TPSA) is 80.3 Å². The summed E-state index contributed by atoms with van der Waals surface area (Å²) in [6.07, 6.45) is 4.97. The SMILES string of the molecule is C[C@H](NC(=O)C(=O)Nc1cccnc1)[C@@H]1CCCO1. The van der Waals surface area contributed by atoms with E-state index >= 15 is 0 Å². The van der Waals surface area contributed by atoms with Crippen molar-refractivity contribution in [1.29, 1.82) is 0 Å². The summed E-state index contributed by atoms with van der Waals surface area (Å²) in [6.45, 7) is 2.55. The molecule has 2 atom stereocenters. The van der Waals surface area contributed by atoms with Gasteiger partial charge in [-0.2, -0.15) is 0 Å². The summed E-state index contributed by atoms with van der Waals surface area (Å²) in [5, 5.41) is 5.13. The normalized spacial score (nSPS) is 19.7. The third-order valence-electron chi connectivity index (χ3n) is 3.01. The predicted molar refractivity (Wildman–Crippen MR) is 69.4 cm³/mol. The van der Waals surface area contributed by atoms with E-state index in [1.54, 1.807) is 18.3 Å². The molecule has 0 saturated carbocycles. The summed E-state index contributed by atoms with van der Waals surface area (Å²) >= 11 is 0. The lowest BCUT2D eigenvalue weighted by molar-refractivity contribution is -0.137. The van der Waals surface area contributed by atoms with Crippen molar-refractivity contribution in [3.05, 3.63) is 24.5 Å². The van der Waals surface area contributed by atoms with Gasteiger partial charge in [0.15, 0.2) is 0 Å². The summed E-state index contributed by atoms with van der Waals surface area (Å²) in [7, 11) is 0. The van der Waals surface area contributed by atoms with Gasteiger partial charge in [-0.05, 0) is 31.9 Å². The lowest BCUT2D eigenvalue weighted by Crippen LogP contribution is -2.45. The van der Waals surface area contributed by atoms with Crippen molar-refractivity contribution >= 4 is 17.5 Å². The fourth-order valence-corrected chi connectivity index (χ4v) is 1.99. The first-order chi connectivity index (χ1) is 9.16. The van der Waals surface area contributed by atoms with E-state index in [-0.39, 0.29) is 12.1 Å². The second-order valence-electron chi connectivity index (χ2n) is 4.51. The van der Waals surface area contributed by atoms with Gasteiger partial charge in [0.2, 0.25) is 0 Å². The van der Waals surface area contributed by atoms with E-state index in [1.807, 2.05) is 6.92 Å². The van der Waals surface area contributed by atoms with Crippen LogP contribution < -0.4 is 10.6 Å². The van der Waals surface area contributed by atoms with Crippen LogP contribution >= 0.6 is 0 Å². The first-order valence-corrected chi connectivity index (χ1v) is 6.30. The molecule has 1 saturated heterocycles. The van der Waals surface area contributed by atoms with Crippen LogP contribution in [0, 0.1) is 0 Å². The number of nitrogens with one attached hydrogen (secondary N) is 2. The lowest BCUT2D eigenvalue weighted by atomic mass is 10.1. The van der Waals surface area contributed by atoms with Gasteiger partial charge in [0.25, 0.3) is 0 Å². The van der Waals surface area contributed by atoms with E-state index in [4.69, 9.17) is 4.74 Å². The minimum atomic E-state index is -0.696. The van der Waals surface area contributed by atoms with Crippen LogP contribution in [0.3, 0.4) is 0 Å². The van der Waals surface area contributed by atoms with E-state index in [9.17, 15) is 9.59 Å². The molecule has 1 aromatic rings. The zero-order chi connectivity index (χ0) is 13.7. The van der Waals surface area contributed by atoms with E-state index in [0.717, 1.165) is 12.8 Å². The Morgan fingerprint density at radius 3 is 2.95 bits per heavy atom. The summed E-state index contributed by atoms with van der Waals surface area (Å²) < 4.78 is 5.46. The molecule has 0 unspecified atom stereocenters. The maximum atomic E-state index is 11.7. The zero-order valence-corrected chi connectivity index (χ0v) is 10.8. The number of rotatable bonds is 3. The monoisotopic (exact) mass is 263 g/mol. The standard InChI is InChI=1S/C13H17N3O3/c1-9(11-5-3-7-19-11)15-12(17)13(18)16-10-4-2-6-14-8-10/h2,4,6,8-9,11H,3,5,7H2,1H3,(H,15,17)(H,16,18)/t9-,11-/m0/s1. The number of hydrogen-bond donors (Lipinski definition) is 2. The molecule has 0 aromatic carbocycles. The van der Waals surface area contributed by atoms with Crippen LogP contribution in [-0.2, 0) is 14.3 Å². The second-order valence-corrected chi connectivity index (χ2v) is 4.51. The van der Waals surface area contributed by atoms with Crippen LogP contribution in [0.15, 0.2) is 24.5 Å². The highest BCUT2D eigenvalue weighted by molar-refractivity contribution is 6.39. The van der Waals surface area contributed by atoms with Crippen molar-refractivity contribution < 1.29 is 14.3 Å². The van der Waals surface area contributed by atoms with Gasteiger partial charge in [-0.15, -0.1) is 0 Å². The van der Waals surface area contributed by atoms with Crippen molar-refractivity contribution in [1.82, 2.24) is 10.3 Å². The van der Waals surface area contributed by atoms with Gasteiger partial charge in [0, 0.05) is 12.8 Å². The average molecular weight is 263 g/mol. The van der Waals surface area contributed by atoms with Gasteiger partial charge in [-0.3, -0.25) is 14.6 Å². The summed E-state index contributed by atoms with van der Waals surface area (Å²) in [6, 6.07) is 3.18. The number of carbonyl (C=O) groups excluding carboxylic acids is 2. The number of carbonyl (C=O) groups is 2. The molecule has 2 N–H and O–H groups in total. The van der Waals surface area contributed by atoms with Gasteiger partial charge in [0.1, 0.15) is 0 Å². The number of ether oxygens (including phenoxy) is 1. The first kappa shape index (κ1) is 13.5. The highest BCUT2D eigenvalue weighted by atomic mass is 16.5. The third-order valence-corrected chi connectivity index (χ3v) is 3.01. The van der Waals surface area contributed by atoms with E-state index in [1.165, 1.54) is 6.20 Å².